The van der Waals surface area contributed by atoms with E-state index < -0.39 is 45.3 Å². The number of imidazole rings is 4. The molecule has 0 aliphatic carbocycles. The number of ether oxygens (including phenoxy) is 2. The average Bonchev–Trinajstić information content (AvgIpc) is 1.46. The van der Waals surface area contributed by atoms with Crippen LogP contribution in [0.4, 0.5) is 23.3 Å². The van der Waals surface area contributed by atoms with Crippen LogP contribution in [0, 0.1) is 6.92 Å². The van der Waals surface area contributed by atoms with Crippen molar-refractivity contribution < 1.29 is 47.9 Å². The molecule has 0 atom stereocenters. The summed E-state index contributed by atoms with van der Waals surface area (Å²) in [6.45, 7) is 2.01. The van der Waals surface area contributed by atoms with Gasteiger partial charge in [0.1, 0.15) is 28.5 Å². The number of hydrogen-bond donors (Lipinski definition) is 8. The van der Waals surface area contributed by atoms with E-state index in [1.807, 2.05) is 43.3 Å². The van der Waals surface area contributed by atoms with Crippen LogP contribution in [-0.4, -0.2) is 159 Å². The molecule has 0 fully saturated rings. The number of aromatic amines is 4. The smallest absolute Gasteiger partial charge is 0.337 e. The van der Waals surface area contributed by atoms with Crippen LogP contribution in [0.3, 0.4) is 0 Å². The van der Waals surface area contributed by atoms with E-state index in [1.54, 1.807) is 117 Å². The Morgan fingerprint density at radius 2 is 0.643 bits per heavy atom. The minimum atomic E-state index is -3.29. The van der Waals surface area contributed by atoms with E-state index in [0.29, 0.717) is 102 Å². The highest BCUT2D eigenvalue weighted by atomic mass is 35.5. The third-order valence-corrected chi connectivity index (χ3v) is 21.8. The van der Waals surface area contributed by atoms with E-state index in [1.165, 1.54) is 68.4 Å². The molecule has 0 unspecified atom stereocenters. The Morgan fingerprint density at radius 3 is 0.955 bits per heavy atom. The zero-order chi connectivity index (χ0) is 79.7. The van der Waals surface area contributed by atoms with Crippen molar-refractivity contribution in [1.29, 1.82) is 0 Å². The standard InChI is InChI=1S/C20H17N5O4S.C19H17N5O3S.C19H17N5O2S.C18H14ClN5O2S/c1-29-20(26)12-5-8-14-15(9-12)25-19(24-14)17-18(21)22-10-16(23-17)11-3-6-13(7-4-11)30(2,27)28;1-27-12-5-8-14-15(9-12)24-19(23-14)17-18(20)21-10-16(22-17)11-3-6-13(7-4-11)28(2,25)26;1-11-3-8-14-15(9-11)24-19(23-14)17-18(20)21-10-16(22-17)12-4-6-13(7-5-12)27(2,25)26;1-27(25,26)12-5-2-10(3-6-12)15-9-21-17(20)16(22-15)18-23-13-7-4-11(19)8-14(13)24-18/h3-10H,1-2H3,(H2,21,22)(H,24,25);3-10H,1-2H3,(H2,20,21)(H,23,24);3-10H,1-2H3,(H2,20,21)(H,23,24);2-9H,1H3,(H2,20,21)(H,23,24). The van der Waals surface area contributed by atoms with Crippen LogP contribution in [-0.2, 0) is 44.1 Å². The van der Waals surface area contributed by atoms with E-state index in [-0.39, 0.29) is 42.9 Å². The van der Waals surface area contributed by atoms with E-state index in [2.05, 4.69) is 79.7 Å². The van der Waals surface area contributed by atoms with Crippen molar-refractivity contribution in [1.82, 2.24) is 79.7 Å². The zero-order valence-corrected chi connectivity index (χ0v) is 64.2. The number of hydrogen-bond acceptors (Lipinski definition) is 27. The molecule has 31 nitrogen and oxygen atoms in total. The molecule has 0 saturated carbocycles. The summed E-state index contributed by atoms with van der Waals surface area (Å²) in [6.07, 6.45) is 10.8. The van der Waals surface area contributed by atoms with Crippen LogP contribution in [0.15, 0.2) is 214 Å². The number of rotatable bonds is 14. The van der Waals surface area contributed by atoms with Crippen molar-refractivity contribution in [2.45, 2.75) is 26.5 Å². The number of benzene rings is 8. The minimum absolute atomic E-state index is 0.179. The van der Waals surface area contributed by atoms with Crippen molar-refractivity contribution in [2.24, 2.45) is 0 Å². The first kappa shape index (κ1) is 76.7. The summed E-state index contributed by atoms with van der Waals surface area (Å²) in [5.41, 5.74) is 38.2. The number of methoxy groups -OCH3 is 2. The lowest BCUT2D eigenvalue weighted by atomic mass is 10.1. The Balaban J connectivity index is 0.000000131. The van der Waals surface area contributed by atoms with Gasteiger partial charge in [0.15, 0.2) is 85.9 Å². The van der Waals surface area contributed by atoms with Crippen molar-refractivity contribution >= 4 is 124 Å². The number of esters is 1. The topological polar surface area (TPSA) is 494 Å². The summed E-state index contributed by atoms with van der Waals surface area (Å²) in [6, 6.07) is 47.4. The fraction of sp³-hybridized carbons (Fsp3) is 0.0921. The van der Waals surface area contributed by atoms with Gasteiger partial charge >= 0.3 is 5.97 Å². The molecule has 0 aliphatic rings. The van der Waals surface area contributed by atoms with Crippen LogP contribution in [0.2, 0.25) is 5.02 Å². The van der Waals surface area contributed by atoms with Crippen LogP contribution >= 0.6 is 11.6 Å². The van der Waals surface area contributed by atoms with Crippen LogP contribution in [0.5, 0.6) is 5.75 Å². The normalized spacial score (nSPS) is 11.7. The molecule has 0 amide bonds. The van der Waals surface area contributed by atoms with Gasteiger partial charge in [-0.25, -0.2) is 98.3 Å². The monoisotopic (exact) mass is 1600 g/mol. The number of aryl methyl sites for hydroxylation is 1. The highest BCUT2D eigenvalue weighted by Gasteiger charge is 2.21. The Morgan fingerprint density at radius 1 is 0.357 bits per heavy atom. The lowest BCUT2D eigenvalue weighted by Crippen LogP contribution is -2.00. The molecule has 16 aromatic rings. The first-order chi connectivity index (χ1) is 53.2. The first-order valence-corrected chi connectivity index (χ1v) is 41.1. The van der Waals surface area contributed by atoms with Gasteiger partial charge < -0.3 is 52.3 Å². The van der Waals surface area contributed by atoms with Crippen molar-refractivity contribution in [2.75, 3.05) is 62.2 Å². The maximum atomic E-state index is 11.7. The molecular weight excluding hydrogens is 1530 g/mol. The number of H-pyrrole nitrogens is 4. The largest absolute Gasteiger partial charge is 0.497 e. The summed E-state index contributed by atoms with van der Waals surface area (Å²) in [7, 11) is -10.1. The summed E-state index contributed by atoms with van der Waals surface area (Å²) in [5, 5.41) is 0.594. The molecule has 0 spiro atoms. The lowest BCUT2D eigenvalue weighted by molar-refractivity contribution is 0.0600. The highest BCUT2D eigenvalue weighted by molar-refractivity contribution is 7.91. The third kappa shape index (κ3) is 17.2. The van der Waals surface area contributed by atoms with Gasteiger partial charge in [-0.3, -0.25) is 0 Å². The molecule has 0 bridgehead atoms. The molecule has 0 saturated heterocycles. The highest BCUT2D eigenvalue weighted by Crippen LogP contribution is 2.34. The molecule has 8 aromatic heterocycles. The molecule has 36 heteroatoms. The number of aromatic nitrogens is 16. The molecular formula is C76H65ClN20O11S4. The summed E-state index contributed by atoms with van der Waals surface area (Å²) in [4.78, 5) is 78.5. The second-order valence-corrected chi connectivity index (χ2v) is 33.8. The molecule has 112 heavy (non-hydrogen) atoms. The van der Waals surface area contributed by atoms with Gasteiger partial charge in [-0.05, 0) is 122 Å². The van der Waals surface area contributed by atoms with Crippen molar-refractivity contribution in [3.8, 4) is 96.9 Å². The number of nitrogens with one attached hydrogen (secondary N) is 4. The van der Waals surface area contributed by atoms with Crippen LogP contribution in [0.25, 0.3) is 135 Å². The van der Waals surface area contributed by atoms with Gasteiger partial charge in [0.05, 0.1) is 131 Å². The molecule has 16 rings (SSSR count). The van der Waals surface area contributed by atoms with Crippen LogP contribution in [0.1, 0.15) is 15.9 Å². The number of anilines is 4. The lowest BCUT2D eigenvalue weighted by Gasteiger charge is -2.06. The Labute approximate surface area is 644 Å². The molecule has 12 N–H and O–H groups in total. The third-order valence-electron chi connectivity index (χ3n) is 17.1. The van der Waals surface area contributed by atoms with Crippen molar-refractivity contribution in [3.63, 3.8) is 0 Å². The van der Waals surface area contributed by atoms with Gasteiger partial charge in [-0.2, -0.15) is 0 Å². The summed E-state index contributed by atoms with van der Waals surface area (Å²) in [5.74, 6) is 3.07. The molecule has 0 radical (unpaired) electrons. The fourth-order valence-corrected chi connectivity index (χ4v) is 14.0. The number of carbonyl (C=O) groups is 1. The number of sulfone groups is 4. The second kappa shape index (κ2) is 30.9. The Bertz CT molecular complexity index is 6630. The minimum Gasteiger partial charge on any atom is -0.497 e. The predicted octanol–water partition coefficient (Wildman–Crippen LogP) is 11.4. The molecule has 566 valence electrons. The van der Waals surface area contributed by atoms with Crippen LogP contribution < -0.4 is 27.7 Å². The van der Waals surface area contributed by atoms with E-state index >= 15 is 0 Å². The van der Waals surface area contributed by atoms with E-state index in [0.717, 1.165) is 67.9 Å². The number of fused-ring (bicyclic) bond motifs is 4. The number of nitrogen functional groups attached to an aromatic ring is 4. The van der Waals surface area contributed by atoms with Gasteiger partial charge in [0.25, 0.3) is 0 Å². The summed E-state index contributed by atoms with van der Waals surface area (Å²) < 4.78 is 103. The second-order valence-electron chi connectivity index (χ2n) is 25.3. The van der Waals surface area contributed by atoms with Gasteiger partial charge in [-0.15, -0.1) is 0 Å². The Hall–Kier alpha value is -13.5. The van der Waals surface area contributed by atoms with Gasteiger partial charge in [0.2, 0.25) is 0 Å². The van der Waals surface area contributed by atoms with E-state index in [9.17, 15) is 38.5 Å². The molecule has 0 aliphatic heterocycles. The van der Waals surface area contributed by atoms with E-state index in [4.69, 9.17) is 44.0 Å². The molecule has 8 aromatic carbocycles. The maximum Gasteiger partial charge on any atom is 0.337 e. The number of nitrogens with two attached hydrogens (primary N) is 4. The fourth-order valence-electron chi connectivity index (χ4n) is 11.3. The van der Waals surface area contributed by atoms with Gasteiger partial charge in [0, 0.05) is 58.4 Å². The zero-order valence-electron chi connectivity index (χ0n) is 60.2. The quantitative estimate of drug-likeness (QED) is 0.0469. The first-order valence-electron chi connectivity index (χ1n) is 33.2. The van der Waals surface area contributed by atoms with Gasteiger partial charge in [-0.1, -0.05) is 66.2 Å². The molecule has 8 heterocycles. The Kier molecular flexibility index (Phi) is 21.2. The SMILES string of the molecule is COC(=O)c1ccc2nc(-c3nc(-c4ccc(S(C)(=O)=O)cc4)cnc3N)[nH]c2c1.COc1ccc2nc(-c3nc(-c4ccc(S(C)(=O)=O)cc4)cnc3N)[nH]c2c1.CS(=O)(=O)c1ccc(-c2cnc(N)c(-c3nc4ccc(Cl)cc4[nH]3)n2)cc1.Cc1ccc2nc(-c3nc(-c4ccc(S(C)(=O)=O)cc4)cnc3N)[nH]c2c1. The summed E-state index contributed by atoms with van der Waals surface area (Å²) >= 11 is 6.01. The number of halogens is 1. The predicted molar refractivity (Wildman–Crippen MR) is 428 cm³/mol. The van der Waals surface area contributed by atoms with Crippen molar-refractivity contribution in [3.05, 3.63) is 211 Å². The maximum absolute atomic E-state index is 11.7. The number of carbonyl (C=O) groups excluding carboxylic acids is 1. The number of nitrogens with zero attached hydrogens (tertiary/aromatic N) is 12. The average molecular weight is 1600 g/mol.